The van der Waals surface area contributed by atoms with Crippen molar-refractivity contribution in [2.24, 2.45) is 5.73 Å². The van der Waals surface area contributed by atoms with Crippen molar-refractivity contribution in [2.75, 3.05) is 11.9 Å². The number of nitrogens with zero attached hydrogens (tertiary/aromatic N) is 1. The van der Waals surface area contributed by atoms with E-state index < -0.39 is 0 Å². The molecule has 0 radical (unpaired) electrons. The van der Waals surface area contributed by atoms with E-state index in [2.05, 4.69) is 10.3 Å². The predicted molar refractivity (Wildman–Crippen MR) is 80.9 cm³/mol. The fourth-order valence-electron chi connectivity index (χ4n) is 1.94. The highest BCUT2D eigenvalue weighted by Crippen LogP contribution is 2.19. The van der Waals surface area contributed by atoms with Crippen molar-refractivity contribution >= 4 is 23.2 Å². The molecule has 104 valence electrons. The SMILES string of the molecule is Cc1cc(NC(=O)C(CN)c2ccccc2)cnc1Cl. The summed E-state index contributed by atoms with van der Waals surface area (Å²) in [5.74, 6) is -0.533. The third kappa shape index (κ3) is 3.35. The van der Waals surface area contributed by atoms with Gasteiger partial charge in [0.2, 0.25) is 5.91 Å². The Morgan fingerprint density at radius 1 is 1.40 bits per heavy atom. The molecule has 5 heteroatoms. The number of aryl methyl sites for hydroxylation is 1. The van der Waals surface area contributed by atoms with Gasteiger partial charge in [0, 0.05) is 6.54 Å². The first-order valence-corrected chi connectivity index (χ1v) is 6.67. The van der Waals surface area contributed by atoms with E-state index in [4.69, 9.17) is 17.3 Å². The first-order valence-electron chi connectivity index (χ1n) is 6.30. The van der Waals surface area contributed by atoms with E-state index in [1.807, 2.05) is 37.3 Å². The topological polar surface area (TPSA) is 68.0 Å². The lowest BCUT2D eigenvalue weighted by atomic mass is 9.98. The Balaban J connectivity index is 2.15. The number of hydrogen-bond donors (Lipinski definition) is 2. The third-order valence-corrected chi connectivity index (χ3v) is 3.43. The van der Waals surface area contributed by atoms with E-state index in [1.54, 1.807) is 6.07 Å². The lowest BCUT2D eigenvalue weighted by Crippen LogP contribution is -2.27. The van der Waals surface area contributed by atoms with E-state index in [0.29, 0.717) is 10.8 Å². The Morgan fingerprint density at radius 2 is 2.10 bits per heavy atom. The summed E-state index contributed by atoms with van der Waals surface area (Å²) in [6.07, 6.45) is 1.53. The lowest BCUT2D eigenvalue weighted by molar-refractivity contribution is -0.117. The standard InChI is InChI=1S/C15H16ClN3O/c1-10-7-12(9-18-14(10)16)19-15(20)13(8-17)11-5-3-2-4-6-11/h2-7,9,13H,8,17H2,1H3,(H,19,20). The van der Waals surface area contributed by atoms with Crippen molar-refractivity contribution < 1.29 is 4.79 Å². The average Bonchev–Trinajstić information content (AvgIpc) is 2.45. The molecule has 1 aromatic carbocycles. The maximum atomic E-state index is 12.3. The number of anilines is 1. The number of amides is 1. The van der Waals surface area contributed by atoms with Crippen LogP contribution in [0.2, 0.25) is 5.15 Å². The first-order chi connectivity index (χ1) is 9.61. The predicted octanol–water partition coefficient (Wildman–Crippen LogP) is 2.72. The van der Waals surface area contributed by atoms with Gasteiger partial charge in [-0.25, -0.2) is 4.98 Å². The Hall–Kier alpha value is -1.91. The number of rotatable bonds is 4. The summed E-state index contributed by atoms with van der Waals surface area (Å²) in [6.45, 7) is 2.08. The van der Waals surface area contributed by atoms with Gasteiger partial charge in [-0.1, -0.05) is 41.9 Å². The molecule has 0 fully saturated rings. The Kier molecular flexibility index (Phi) is 4.71. The number of aromatic nitrogens is 1. The summed E-state index contributed by atoms with van der Waals surface area (Å²) >= 11 is 5.86. The molecule has 0 saturated heterocycles. The number of carbonyl (C=O) groups is 1. The van der Waals surface area contributed by atoms with Crippen LogP contribution in [0.25, 0.3) is 0 Å². The van der Waals surface area contributed by atoms with Gasteiger partial charge in [-0.05, 0) is 24.1 Å². The van der Waals surface area contributed by atoms with Crippen LogP contribution >= 0.6 is 11.6 Å². The van der Waals surface area contributed by atoms with Crippen molar-refractivity contribution in [1.29, 1.82) is 0 Å². The minimum Gasteiger partial charge on any atom is -0.329 e. The summed E-state index contributed by atoms with van der Waals surface area (Å²) in [7, 11) is 0. The molecule has 0 aliphatic carbocycles. The van der Waals surface area contributed by atoms with Crippen molar-refractivity contribution in [3.05, 3.63) is 58.9 Å². The number of pyridine rings is 1. The van der Waals surface area contributed by atoms with Crippen molar-refractivity contribution in [1.82, 2.24) is 4.98 Å². The number of nitrogens with one attached hydrogen (secondary N) is 1. The smallest absolute Gasteiger partial charge is 0.233 e. The van der Waals surface area contributed by atoms with Crippen molar-refractivity contribution in [2.45, 2.75) is 12.8 Å². The highest BCUT2D eigenvalue weighted by molar-refractivity contribution is 6.30. The monoisotopic (exact) mass is 289 g/mol. The summed E-state index contributed by atoms with van der Waals surface area (Å²) < 4.78 is 0. The number of benzene rings is 1. The molecule has 1 unspecified atom stereocenters. The highest BCUT2D eigenvalue weighted by atomic mass is 35.5. The van der Waals surface area contributed by atoms with E-state index in [-0.39, 0.29) is 18.4 Å². The van der Waals surface area contributed by atoms with Gasteiger partial charge >= 0.3 is 0 Å². The molecule has 1 amide bonds. The van der Waals surface area contributed by atoms with Crippen LogP contribution in [0, 0.1) is 6.92 Å². The van der Waals surface area contributed by atoms with E-state index in [9.17, 15) is 4.79 Å². The van der Waals surface area contributed by atoms with Gasteiger partial charge in [-0.2, -0.15) is 0 Å². The Labute approximate surface area is 123 Å². The van der Waals surface area contributed by atoms with Crippen LogP contribution in [0.4, 0.5) is 5.69 Å². The quantitative estimate of drug-likeness (QED) is 0.851. The van der Waals surface area contributed by atoms with Gasteiger partial charge in [0.1, 0.15) is 5.15 Å². The second-order valence-electron chi connectivity index (χ2n) is 4.52. The third-order valence-electron chi connectivity index (χ3n) is 3.04. The normalized spacial score (nSPS) is 11.9. The minimum atomic E-state index is -0.382. The van der Waals surface area contributed by atoms with Gasteiger partial charge in [0.25, 0.3) is 0 Å². The lowest BCUT2D eigenvalue weighted by Gasteiger charge is -2.15. The molecular formula is C15H16ClN3O. The molecule has 2 rings (SSSR count). The van der Waals surface area contributed by atoms with E-state index >= 15 is 0 Å². The van der Waals surface area contributed by atoms with Crippen LogP contribution in [0.3, 0.4) is 0 Å². The molecule has 0 aliphatic rings. The molecule has 0 bridgehead atoms. The zero-order valence-electron chi connectivity index (χ0n) is 11.1. The molecule has 1 aromatic heterocycles. The van der Waals surface area contributed by atoms with Gasteiger partial charge in [0.15, 0.2) is 0 Å². The summed E-state index contributed by atoms with van der Waals surface area (Å²) in [5, 5.41) is 3.25. The van der Waals surface area contributed by atoms with E-state index in [1.165, 1.54) is 6.20 Å². The van der Waals surface area contributed by atoms with Gasteiger partial charge in [-0.15, -0.1) is 0 Å². The molecule has 1 heterocycles. The molecule has 2 aromatic rings. The van der Waals surface area contributed by atoms with Crippen LogP contribution in [-0.4, -0.2) is 17.4 Å². The van der Waals surface area contributed by atoms with Crippen LogP contribution < -0.4 is 11.1 Å². The van der Waals surface area contributed by atoms with Gasteiger partial charge < -0.3 is 11.1 Å². The summed E-state index contributed by atoms with van der Waals surface area (Å²) in [5.41, 5.74) is 8.04. The number of halogens is 1. The van der Waals surface area contributed by atoms with Gasteiger partial charge in [0.05, 0.1) is 17.8 Å². The maximum absolute atomic E-state index is 12.3. The van der Waals surface area contributed by atoms with Crippen molar-refractivity contribution in [3.8, 4) is 0 Å². The summed E-state index contributed by atoms with van der Waals surface area (Å²) in [6, 6.07) is 11.2. The zero-order chi connectivity index (χ0) is 14.5. The average molecular weight is 290 g/mol. The second-order valence-corrected chi connectivity index (χ2v) is 4.88. The van der Waals surface area contributed by atoms with Crippen molar-refractivity contribution in [3.63, 3.8) is 0 Å². The summed E-state index contributed by atoms with van der Waals surface area (Å²) in [4.78, 5) is 16.3. The molecule has 0 saturated carbocycles. The fraction of sp³-hybridized carbons (Fsp3) is 0.200. The molecule has 0 aliphatic heterocycles. The molecular weight excluding hydrogens is 274 g/mol. The van der Waals surface area contributed by atoms with Crippen LogP contribution in [0.15, 0.2) is 42.6 Å². The van der Waals surface area contributed by atoms with Gasteiger partial charge in [-0.3, -0.25) is 4.79 Å². The number of nitrogens with two attached hydrogens (primary N) is 1. The molecule has 20 heavy (non-hydrogen) atoms. The molecule has 0 spiro atoms. The van der Waals surface area contributed by atoms with Crippen LogP contribution in [0.1, 0.15) is 17.0 Å². The van der Waals surface area contributed by atoms with Crippen LogP contribution in [0.5, 0.6) is 0 Å². The fourth-order valence-corrected chi connectivity index (χ4v) is 2.04. The first kappa shape index (κ1) is 14.5. The Morgan fingerprint density at radius 3 is 2.70 bits per heavy atom. The second kappa shape index (κ2) is 6.50. The Bertz CT molecular complexity index is 601. The van der Waals surface area contributed by atoms with Crippen LogP contribution in [-0.2, 0) is 4.79 Å². The molecule has 1 atom stereocenters. The molecule has 3 N–H and O–H groups in total. The minimum absolute atomic E-state index is 0.151. The number of hydrogen-bond acceptors (Lipinski definition) is 3. The zero-order valence-corrected chi connectivity index (χ0v) is 11.9. The highest BCUT2D eigenvalue weighted by Gasteiger charge is 2.19. The maximum Gasteiger partial charge on any atom is 0.233 e. The van der Waals surface area contributed by atoms with E-state index in [0.717, 1.165) is 11.1 Å². The molecule has 4 nitrogen and oxygen atoms in total. The largest absolute Gasteiger partial charge is 0.329 e. The number of carbonyl (C=O) groups excluding carboxylic acids is 1.